The summed E-state index contributed by atoms with van der Waals surface area (Å²) in [5, 5.41) is 0. The van der Waals surface area contributed by atoms with E-state index < -0.39 is 23.5 Å². The molecular weight excluding hydrogens is 583 g/mol. The molecule has 1 heterocycles. The number of benzene rings is 2. The first-order valence-corrected chi connectivity index (χ1v) is 13.9. The molecule has 0 aliphatic heterocycles. The Hall–Kier alpha value is -2.39. The molecule has 5 rings (SSSR count). The zero-order valence-electron chi connectivity index (χ0n) is 18.7. The van der Waals surface area contributed by atoms with Crippen LogP contribution in [0, 0.1) is 0 Å². The van der Waals surface area contributed by atoms with Crippen LogP contribution in [0.4, 0.5) is 37.7 Å². The van der Waals surface area contributed by atoms with Crippen molar-refractivity contribution < 1.29 is 39.5 Å². The average molecular weight is 600 g/mol. The van der Waals surface area contributed by atoms with Gasteiger partial charge in [0, 0.05) is 0 Å². The molecule has 1 aromatic heterocycles. The fourth-order valence-electron chi connectivity index (χ4n) is 4.36. The van der Waals surface area contributed by atoms with Gasteiger partial charge in [0.05, 0.1) is 45.3 Å². The van der Waals surface area contributed by atoms with Crippen molar-refractivity contribution in [3.8, 4) is 0 Å². The topological polar surface area (TPSA) is 37.6 Å². The number of aryl methyl sites for hydroxylation is 2. The molecule has 0 N–H and O–H groups in total. The summed E-state index contributed by atoms with van der Waals surface area (Å²) in [5.41, 5.74) is 1.53. The van der Waals surface area contributed by atoms with Gasteiger partial charge in [0.2, 0.25) is 0 Å². The number of hydrogen-bond acceptors (Lipinski definition) is 3. The Morgan fingerprint density at radius 1 is 0.649 bits per heavy atom. The Morgan fingerprint density at radius 3 is 1.41 bits per heavy atom. The first-order chi connectivity index (χ1) is 17.5. The SMILES string of the molecule is FC(F)(F)c1ccccc1N=C1CCc2cc3c(nc21)C(=Nc1ccccc1C(F)(F)F)CC3.[Cl][Fe][Cl]. The van der Waals surface area contributed by atoms with E-state index in [1.807, 2.05) is 6.07 Å². The molecule has 3 aromatic rings. The third kappa shape index (κ3) is 6.20. The van der Waals surface area contributed by atoms with Crippen LogP contribution in [0.2, 0.25) is 0 Å². The Bertz CT molecular complexity index is 1270. The molecule has 0 saturated carbocycles. The summed E-state index contributed by atoms with van der Waals surface area (Å²) in [6.07, 6.45) is -7.04. The van der Waals surface area contributed by atoms with Crippen molar-refractivity contribution in [3.05, 3.63) is 88.2 Å². The number of para-hydroxylation sites is 2. The molecule has 0 saturated heterocycles. The number of nitrogens with zero attached hydrogens (tertiary/aromatic N) is 3. The van der Waals surface area contributed by atoms with E-state index in [0.717, 1.165) is 23.3 Å². The van der Waals surface area contributed by atoms with Crippen molar-refractivity contribution in [2.45, 2.75) is 38.0 Å². The van der Waals surface area contributed by atoms with Gasteiger partial charge in [0.25, 0.3) is 0 Å². The molecule has 2 aliphatic rings. The van der Waals surface area contributed by atoms with E-state index in [1.54, 1.807) is 0 Å². The second kappa shape index (κ2) is 11.2. The van der Waals surface area contributed by atoms with Crippen molar-refractivity contribution in [1.29, 1.82) is 0 Å². The molecule has 0 atom stereocenters. The van der Waals surface area contributed by atoms with Crippen molar-refractivity contribution in [1.82, 2.24) is 4.98 Å². The van der Waals surface area contributed by atoms with Crippen LogP contribution in [0.5, 0.6) is 0 Å². The van der Waals surface area contributed by atoms with Gasteiger partial charge in [0.1, 0.15) is 0 Å². The second-order valence-electron chi connectivity index (χ2n) is 8.20. The number of fused-ring (bicyclic) bond motifs is 2. The van der Waals surface area contributed by atoms with Crippen LogP contribution in [0.25, 0.3) is 0 Å². The Labute approximate surface area is 223 Å². The molecule has 0 amide bonds. The Balaban J connectivity index is 0.00000102. The van der Waals surface area contributed by atoms with Gasteiger partial charge >= 0.3 is 45.7 Å². The molecule has 2 aliphatic carbocycles. The normalized spacial score (nSPS) is 17.1. The van der Waals surface area contributed by atoms with Crippen LogP contribution in [-0.4, -0.2) is 16.4 Å². The van der Waals surface area contributed by atoms with E-state index in [9.17, 15) is 26.3 Å². The summed E-state index contributed by atoms with van der Waals surface area (Å²) in [5.74, 6) is 0. The predicted molar refractivity (Wildman–Crippen MR) is 128 cm³/mol. The molecule has 12 heteroatoms. The van der Waals surface area contributed by atoms with Gasteiger partial charge in [-0.2, -0.15) is 26.3 Å². The quantitative estimate of drug-likeness (QED) is 0.215. The summed E-state index contributed by atoms with van der Waals surface area (Å²) in [4.78, 5) is 13.2. The predicted octanol–water partition coefficient (Wildman–Crippen LogP) is 8.63. The van der Waals surface area contributed by atoms with Crippen LogP contribution >= 0.6 is 20.2 Å². The average Bonchev–Trinajstić information content (AvgIpc) is 3.41. The Morgan fingerprint density at radius 2 is 1.03 bits per heavy atom. The van der Waals surface area contributed by atoms with Crippen molar-refractivity contribution in [2.24, 2.45) is 9.98 Å². The number of aromatic nitrogens is 1. The monoisotopic (exact) mass is 599 g/mol. The van der Waals surface area contributed by atoms with Crippen LogP contribution in [0.3, 0.4) is 0 Å². The molecule has 3 nitrogen and oxygen atoms in total. The molecular formula is C25H17Cl2F6FeN3. The van der Waals surface area contributed by atoms with Gasteiger partial charge < -0.3 is 0 Å². The summed E-state index contributed by atoms with van der Waals surface area (Å²) in [6.45, 7) is 0. The van der Waals surface area contributed by atoms with Crippen LogP contribution in [0.1, 0.15) is 46.5 Å². The second-order valence-corrected chi connectivity index (χ2v) is 10.0. The van der Waals surface area contributed by atoms with Gasteiger partial charge in [-0.15, -0.1) is 0 Å². The summed E-state index contributed by atoms with van der Waals surface area (Å²) in [7, 11) is 9.53. The summed E-state index contributed by atoms with van der Waals surface area (Å²) in [6, 6.07) is 12.1. The standard InChI is InChI=1S/C25H17F6N3.2ClH.Fe/c26-24(27,28)16-5-1-3-7-18(16)32-20-11-9-14-13-15-10-12-21(23(15)34-22(14)20)33-19-8-4-2-6-17(19)25(29,30)31;;;/h1-8,13H,9-12H2;2*1H;/q;;;+2/p-2. The molecule has 0 radical (unpaired) electrons. The molecule has 0 unspecified atom stereocenters. The van der Waals surface area contributed by atoms with Gasteiger partial charge in [-0.05, 0) is 61.1 Å². The van der Waals surface area contributed by atoms with Crippen LogP contribution in [-0.2, 0) is 38.3 Å². The summed E-state index contributed by atoms with van der Waals surface area (Å²) >= 11 is 0.194. The number of rotatable bonds is 2. The number of hydrogen-bond donors (Lipinski definition) is 0. The van der Waals surface area contributed by atoms with E-state index >= 15 is 0 Å². The molecule has 0 bridgehead atoms. The van der Waals surface area contributed by atoms with Gasteiger partial charge in [-0.25, -0.2) is 4.98 Å². The van der Waals surface area contributed by atoms with Crippen molar-refractivity contribution in [2.75, 3.05) is 0 Å². The maximum atomic E-state index is 13.4. The fourth-order valence-corrected chi connectivity index (χ4v) is 4.36. The van der Waals surface area contributed by atoms with Gasteiger partial charge in [0.15, 0.2) is 0 Å². The van der Waals surface area contributed by atoms with E-state index in [4.69, 9.17) is 20.2 Å². The third-order valence-corrected chi connectivity index (χ3v) is 5.92. The third-order valence-electron chi connectivity index (χ3n) is 5.92. The van der Waals surface area contributed by atoms with Crippen molar-refractivity contribution >= 4 is 43.0 Å². The maximum absolute atomic E-state index is 13.4. The number of alkyl halides is 6. The minimum atomic E-state index is -4.54. The van der Waals surface area contributed by atoms with E-state index in [2.05, 4.69) is 15.0 Å². The first kappa shape index (κ1) is 27.6. The van der Waals surface area contributed by atoms with E-state index in [1.165, 1.54) is 36.4 Å². The minimum absolute atomic E-state index is 0.187. The number of pyridine rings is 1. The zero-order chi connectivity index (χ0) is 26.8. The van der Waals surface area contributed by atoms with E-state index in [0.29, 0.717) is 48.5 Å². The molecule has 37 heavy (non-hydrogen) atoms. The van der Waals surface area contributed by atoms with E-state index in [-0.39, 0.29) is 24.5 Å². The molecule has 0 fully saturated rings. The number of aliphatic imine (C=N–C) groups is 2. The zero-order valence-corrected chi connectivity index (χ0v) is 21.4. The fraction of sp³-hybridized carbons (Fsp3) is 0.240. The number of halogens is 8. The molecule has 2 aromatic carbocycles. The van der Waals surface area contributed by atoms with Gasteiger partial charge in [-0.1, -0.05) is 30.3 Å². The van der Waals surface area contributed by atoms with Gasteiger partial charge in [-0.3, -0.25) is 9.98 Å². The molecule has 0 spiro atoms. The van der Waals surface area contributed by atoms with Crippen molar-refractivity contribution in [3.63, 3.8) is 0 Å². The van der Waals surface area contributed by atoms with Crippen LogP contribution in [0.15, 0.2) is 64.6 Å². The van der Waals surface area contributed by atoms with Crippen LogP contribution < -0.4 is 0 Å². The summed E-state index contributed by atoms with van der Waals surface area (Å²) < 4.78 is 80.4. The molecule has 196 valence electrons. The first-order valence-electron chi connectivity index (χ1n) is 10.9. The Kier molecular flexibility index (Phi) is 8.33.